The van der Waals surface area contributed by atoms with Crippen LogP contribution in [-0.2, 0) is 5.41 Å². The van der Waals surface area contributed by atoms with E-state index in [9.17, 15) is 4.79 Å². The first-order valence-electron chi connectivity index (χ1n) is 15.6. The Bertz CT molecular complexity index is 971. The molecule has 39 heavy (non-hydrogen) atoms. The van der Waals surface area contributed by atoms with E-state index < -0.39 is 12.0 Å². The van der Waals surface area contributed by atoms with Crippen molar-refractivity contribution in [2.75, 3.05) is 39.3 Å². The van der Waals surface area contributed by atoms with Crippen molar-refractivity contribution in [3.8, 4) is 0 Å². The van der Waals surface area contributed by atoms with Gasteiger partial charge in [0.2, 0.25) is 0 Å². The van der Waals surface area contributed by atoms with Crippen LogP contribution in [0, 0.1) is 18.8 Å². The van der Waals surface area contributed by atoms with Gasteiger partial charge in [-0.15, -0.1) is 0 Å². The molecule has 0 aromatic heterocycles. The van der Waals surface area contributed by atoms with Crippen molar-refractivity contribution in [3.63, 3.8) is 0 Å². The number of hydrogen-bond acceptors (Lipinski definition) is 3. The van der Waals surface area contributed by atoms with Crippen LogP contribution < -0.4 is 5.32 Å². The molecule has 2 aliphatic heterocycles. The topological polar surface area (TPSA) is 38.8 Å². The summed E-state index contributed by atoms with van der Waals surface area (Å²) in [5.74, 6) is -1.97. The predicted molar refractivity (Wildman–Crippen MR) is 153 cm³/mol. The van der Waals surface area contributed by atoms with Crippen LogP contribution in [0.1, 0.15) is 83.3 Å². The van der Waals surface area contributed by atoms with Crippen molar-refractivity contribution in [3.05, 3.63) is 35.4 Å². The quantitative estimate of drug-likeness (QED) is 0.490. The summed E-state index contributed by atoms with van der Waals surface area (Å²) in [5, 5.41) is 2.93. The molecule has 5 nitrogen and oxygen atoms in total. The standard InChI is InChI=1S/C32H50F2N4O/c1-23(2)36-18-20-37(21-19-36)28-10-7-15-32(33,34)29(28)35-30(39)38-17-16-31(4,26-13-11-24(3)12-14-26)27(22-38)25-8-5-6-9-25/h11-14,23,25,27-29H,5-10,15-22H2,1-4H3,(H,35,39)/t27?,28-,29+,31?/m0/s1. The van der Waals surface area contributed by atoms with Gasteiger partial charge in [-0.3, -0.25) is 9.80 Å². The SMILES string of the molecule is Cc1ccc(C2(C)CCN(C(=O)N[C@@H]3[C@@H](N4CCN(C(C)C)CC4)CCCC3(F)F)CC2C2CCCC2)cc1. The van der Waals surface area contributed by atoms with Crippen LogP contribution in [0.25, 0.3) is 0 Å². The van der Waals surface area contributed by atoms with Gasteiger partial charge in [0.05, 0.1) is 0 Å². The zero-order valence-electron chi connectivity index (χ0n) is 24.6. The maximum Gasteiger partial charge on any atom is 0.317 e. The molecule has 0 spiro atoms. The highest BCUT2D eigenvalue weighted by Crippen LogP contribution is 2.48. The Balaban J connectivity index is 1.31. The molecule has 5 rings (SSSR count). The molecule has 1 aromatic rings. The van der Waals surface area contributed by atoms with Crippen molar-refractivity contribution in [1.29, 1.82) is 0 Å². The molecule has 2 heterocycles. The van der Waals surface area contributed by atoms with Crippen LogP contribution in [0.2, 0.25) is 0 Å². The molecule has 4 fully saturated rings. The van der Waals surface area contributed by atoms with Gasteiger partial charge in [-0.05, 0) is 62.8 Å². The first kappa shape index (κ1) is 28.8. The molecule has 218 valence electrons. The summed E-state index contributed by atoms with van der Waals surface area (Å²) in [6, 6.07) is 7.66. The zero-order valence-corrected chi connectivity index (χ0v) is 24.6. The van der Waals surface area contributed by atoms with E-state index in [1.807, 2.05) is 4.90 Å². The number of hydrogen-bond donors (Lipinski definition) is 1. The van der Waals surface area contributed by atoms with Crippen molar-refractivity contribution in [2.45, 2.75) is 109 Å². The Hall–Kier alpha value is -1.73. The largest absolute Gasteiger partial charge is 0.328 e. The Morgan fingerprint density at radius 2 is 1.62 bits per heavy atom. The maximum absolute atomic E-state index is 15.4. The molecule has 2 saturated carbocycles. The number of piperazine rings is 1. The third kappa shape index (κ3) is 6.00. The molecule has 2 saturated heterocycles. The summed E-state index contributed by atoms with van der Waals surface area (Å²) in [6.45, 7) is 13.5. The number of alkyl halides is 2. The first-order valence-corrected chi connectivity index (χ1v) is 15.6. The first-order chi connectivity index (χ1) is 18.6. The highest BCUT2D eigenvalue weighted by Gasteiger charge is 2.51. The third-order valence-electron chi connectivity index (χ3n) is 10.8. The number of carbonyl (C=O) groups excluding carboxylic acids is 1. The van der Waals surface area contributed by atoms with Gasteiger partial charge >= 0.3 is 6.03 Å². The van der Waals surface area contributed by atoms with E-state index in [2.05, 4.69) is 67.1 Å². The summed E-state index contributed by atoms with van der Waals surface area (Å²) < 4.78 is 30.9. The number of amides is 2. The van der Waals surface area contributed by atoms with Crippen LogP contribution in [-0.4, -0.2) is 84.0 Å². The normalized spacial score (nSPS) is 33.0. The number of nitrogens with one attached hydrogen (secondary N) is 1. The maximum atomic E-state index is 15.4. The molecule has 0 bridgehead atoms. The minimum absolute atomic E-state index is 0.00706. The minimum Gasteiger partial charge on any atom is -0.328 e. The van der Waals surface area contributed by atoms with E-state index in [-0.39, 0.29) is 23.9 Å². The Labute approximate surface area is 234 Å². The Morgan fingerprint density at radius 3 is 2.26 bits per heavy atom. The molecule has 0 radical (unpaired) electrons. The fourth-order valence-corrected chi connectivity index (χ4v) is 8.14. The van der Waals surface area contributed by atoms with E-state index in [0.717, 1.165) is 39.0 Å². The van der Waals surface area contributed by atoms with E-state index >= 15 is 8.78 Å². The van der Waals surface area contributed by atoms with Gasteiger partial charge in [0.15, 0.2) is 0 Å². The second-order valence-corrected chi connectivity index (χ2v) is 13.4. The lowest BCUT2D eigenvalue weighted by molar-refractivity contribution is -0.0976. The monoisotopic (exact) mass is 544 g/mol. The third-order valence-corrected chi connectivity index (χ3v) is 10.8. The van der Waals surface area contributed by atoms with Crippen molar-refractivity contribution in [1.82, 2.24) is 20.0 Å². The number of urea groups is 1. The highest BCUT2D eigenvalue weighted by atomic mass is 19.3. The molecular formula is C32H50F2N4O. The van der Waals surface area contributed by atoms with Gasteiger partial charge in [-0.1, -0.05) is 62.4 Å². The van der Waals surface area contributed by atoms with Gasteiger partial charge in [0.1, 0.15) is 6.04 Å². The molecular weight excluding hydrogens is 494 g/mol. The molecule has 2 aliphatic carbocycles. The number of benzene rings is 1. The minimum atomic E-state index is -2.88. The molecule has 2 unspecified atom stereocenters. The summed E-state index contributed by atoms with van der Waals surface area (Å²) >= 11 is 0. The summed E-state index contributed by atoms with van der Waals surface area (Å²) in [5.41, 5.74) is 2.60. The Kier molecular flexibility index (Phi) is 8.59. The van der Waals surface area contributed by atoms with E-state index in [1.165, 1.54) is 36.8 Å². The average molecular weight is 545 g/mol. The molecule has 7 heteroatoms. The summed E-state index contributed by atoms with van der Waals surface area (Å²) in [7, 11) is 0. The smallest absolute Gasteiger partial charge is 0.317 e. The number of likely N-dealkylation sites (tertiary alicyclic amines) is 1. The van der Waals surface area contributed by atoms with Crippen LogP contribution in [0.3, 0.4) is 0 Å². The van der Waals surface area contributed by atoms with E-state index in [0.29, 0.717) is 37.4 Å². The lowest BCUT2D eigenvalue weighted by Gasteiger charge is -2.50. The lowest BCUT2D eigenvalue weighted by Crippen LogP contribution is -2.66. The van der Waals surface area contributed by atoms with E-state index in [1.54, 1.807) is 0 Å². The number of aryl methyl sites for hydroxylation is 1. The van der Waals surface area contributed by atoms with Crippen molar-refractivity contribution >= 4 is 6.03 Å². The molecule has 4 atom stereocenters. The number of rotatable bonds is 5. The van der Waals surface area contributed by atoms with Gasteiger partial charge in [0.25, 0.3) is 5.92 Å². The van der Waals surface area contributed by atoms with Crippen LogP contribution in [0.4, 0.5) is 13.6 Å². The molecule has 4 aliphatic rings. The average Bonchev–Trinajstić information content (AvgIpc) is 3.45. The van der Waals surface area contributed by atoms with Crippen LogP contribution in [0.15, 0.2) is 24.3 Å². The van der Waals surface area contributed by atoms with Gasteiger partial charge < -0.3 is 10.2 Å². The van der Waals surface area contributed by atoms with Gasteiger partial charge in [0, 0.05) is 57.8 Å². The summed E-state index contributed by atoms with van der Waals surface area (Å²) in [4.78, 5) is 20.2. The summed E-state index contributed by atoms with van der Waals surface area (Å²) in [6.07, 6.45) is 6.85. The van der Waals surface area contributed by atoms with Gasteiger partial charge in [-0.2, -0.15) is 0 Å². The zero-order chi connectivity index (χ0) is 27.8. The number of carbonyl (C=O) groups is 1. The number of halogens is 2. The molecule has 2 amide bonds. The van der Waals surface area contributed by atoms with E-state index in [4.69, 9.17) is 0 Å². The number of nitrogens with zero attached hydrogens (tertiary/aromatic N) is 3. The second-order valence-electron chi connectivity index (χ2n) is 13.4. The highest BCUT2D eigenvalue weighted by molar-refractivity contribution is 5.75. The fourth-order valence-electron chi connectivity index (χ4n) is 8.14. The van der Waals surface area contributed by atoms with Crippen molar-refractivity contribution < 1.29 is 13.6 Å². The van der Waals surface area contributed by atoms with Crippen LogP contribution in [0.5, 0.6) is 0 Å². The Morgan fingerprint density at radius 1 is 0.949 bits per heavy atom. The predicted octanol–water partition coefficient (Wildman–Crippen LogP) is 6.06. The van der Waals surface area contributed by atoms with Gasteiger partial charge in [-0.25, -0.2) is 13.6 Å². The fraction of sp³-hybridized carbons (Fsp3) is 0.781. The molecule has 1 N–H and O–H groups in total. The van der Waals surface area contributed by atoms with Crippen LogP contribution >= 0.6 is 0 Å². The lowest BCUT2D eigenvalue weighted by atomic mass is 9.62. The van der Waals surface area contributed by atoms with Crippen molar-refractivity contribution in [2.24, 2.45) is 11.8 Å². The second kappa shape index (κ2) is 11.6. The number of piperidine rings is 1. The molecule has 1 aromatic carbocycles.